The van der Waals surface area contributed by atoms with Crippen LogP contribution in [0.4, 0.5) is 4.39 Å². The Morgan fingerprint density at radius 2 is 2.07 bits per heavy atom. The fourth-order valence-corrected chi connectivity index (χ4v) is 3.44. The van der Waals surface area contributed by atoms with Gasteiger partial charge >= 0.3 is 0 Å². The predicted octanol–water partition coefficient (Wildman–Crippen LogP) is 1.97. The van der Waals surface area contributed by atoms with E-state index in [-0.39, 0.29) is 24.4 Å². The number of β-amino-alcohol motifs (C(OH)–C–C–N with tert-alkyl or cyclic N) is 1. The Morgan fingerprint density at radius 1 is 1.26 bits per heavy atom. The number of nitrogens with one attached hydrogen (secondary N) is 1. The number of carbonyl (C=O) groups is 1. The Kier molecular flexibility index (Phi) is 4.87. The van der Waals surface area contributed by atoms with Crippen LogP contribution in [0.3, 0.4) is 0 Å². The van der Waals surface area contributed by atoms with Gasteiger partial charge in [0.05, 0.1) is 18.2 Å². The van der Waals surface area contributed by atoms with Crippen LogP contribution in [-0.4, -0.2) is 44.5 Å². The van der Waals surface area contributed by atoms with Gasteiger partial charge in [-0.1, -0.05) is 24.3 Å². The molecule has 0 aliphatic carbocycles. The van der Waals surface area contributed by atoms with Crippen molar-refractivity contribution in [2.24, 2.45) is 0 Å². The van der Waals surface area contributed by atoms with Crippen molar-refractivity contribution in [1.82, 2.24) is 19.6 Å². The number of carbonyl (C=O) groups excluding carboxylic acids is 1. The zero-order valence-corrected chi connectivity index (χ0v) is 14.8. The van der Waals surface area contributed by atoms with Gasteiger partial charge in [-0.05, 0) is 24.6 Å². The summed E-state index contributed by atoms with van der Waals surface area (Å²) in [6, 6.07) is 11.9. The lowest BCUT2D eigenvalue weighted by Gasteiger charge is -2.13. The number of benzene rings is 1. The highest BCUT2D eigenvalue weighted by molar-refractivity contribution is 5.99. The van der Waals surface area contributed by atoms with Gasteiger partial charge in [0.15, 0.2) is 5.69 Å². The van der Waals surface area contributed by atoms with Gasteiger partial charge in [0.25, 0.3) is 5.91 Å². The van der Waals surface area contributed by atoms with Crippen LogP contribution in [-0.2, 0) is 13.1 Å². The van der Waals surface area contributed by atoms with Crippen molar-refractivity contribution in [2.75, 3.05) is 13.1 Å². The van der Waals surface area contributed by atoms with E-state index in [4.69, 9.17) is 0 Å². The van der Waals surface area contributed by atoms with Gasteiger partial charge in [0, 0.05) is 31.4 Å². The number of fused-ring (bicyclic) bond motifs is 1. The number of rotatable bonds is 5. The summed E-state index contributed by atoms with van der Waals surface area (Å²) in [5.74, 6) is 0.0613. The van der Waals surface area contributed by atoms with E-state index >= 15 is 0 Å². The average Bonchev–Trinajstić information content (AvgIpc) is 3.25. The van der Waals surface area contributed by atoms with Crippen LogP contribution >= 0.6 is 0 Å². The summed E-state index contributed by atoms with van der Waals surface area (Å²) in [6.07, 6.45) is 2.32. The highest BCUT2D eigenvalue weighted by atomic mass is 19.1. The number of nitrogens with zero attached hydrogens (tertiary/aromatic N) is 3. The molecule has 0 spiro atoms. The number of aliphatic hydroxyl groups excluding tert-OH is 1. The van der Waals surface area contributed by atoms with E-state index in [0.717, 1.165) is 18.8 Å². The Labute approximate surface area is 156 Å². The van der Waals surface area contributed by atoms with Gasteiger partial charge < -0.3 is 14.8 Å². The van der Waals surface area contributed by atoms with E-state index in [1.807, 2.05) is 28.8 Å². The predicted molar refractivity (Wildman–Crippen MR) is 98.7 cm³/mol. The normalized spacial score (nSPS) is 17.5. The quantitative estimate of drug-likeness (QED) is 0.722. The molecule has 0 bridgehead atoms. The molecule has 2 aromatic heterocycles. The molecule has 0 radical (unpaired) electrons. The minimum atomic E-state index is -0.347. The second kappa shape index (κ2) is 7.46. The van der Waals surface area contributed by atoms with E-state index in [2.05, 4.69) is 15.2 Å². The fourth-order valence-electron chi connectivity index (χ4n) is 3.44. The van der Waals surface area contributed by atoms with Gasteiger partial charge in [0.1, 0.15) is 11.6 Å². The second-order valence-corrected chi connectivity index (χ2v) is 6.78. The van der Waals surface area contributed by atoms with Crippen LogP contribution in [0, 0.1) is 5.82 Å². The lowest BCUT2D eigenvalue weighted by molar-refractivity contribution is 0.0947. The SMILES string of the molecule is O=C(NCc1ccccc1F)c1nc(CN2CCC(O)C2)n2ccccc12. The van der Waals surface area contributed by atoms with Crippen LogP contribution in [0.25, 0.3) is 5.52 Å². The lowest BCUT2D eigenvalue weighted by Crippen LogP contribution is -2.24. The van der Waals surface area contributed by atoms with Crippen molar-refractivity contribution in [3.63, 3.8) is 0 Å². The first-order valence-corrected chi connectivity index (χ1v) is 9.00. The van der Waals surface area contributed by atoms with Gasteiger partial charge in [-0.2, -0.15) is 0 Å². The second-order valence-electron chi connectivity index (χ2n) is 6.78. The highest BCUT2D eigenvalue weighted by Crippen LogP contribution is 2.18. The molecule has 1 aromatic carbocycles. The molecule has 3 aromatic rings. The number of aliphatic hydroxyl groups is 1. The number of halogens is 1. The summed E-state index contributed by atoms with van der Waals surface area (Å²) in [5.41, 5.74) is 1.46. The molecule has 3 heterocycles. The van der Waals surface area contributed by atoms with Gasteiger partial charge in [-0.3, -0.25) is 9.69 Å². The van der Waals surface area contributed by atoms with Crippen molar-refractivity contribution in [1.29, 1.82) is 0 Å². The van der Waals surface area contributed by atoms with E-state index in [1.165, 1.54) is 6.07 Å². The van der Waals surface area contributed by atoms with Crippen molar-refractivity contribution in [2.45, 2.75) is 25.6 Å². The Balaban J connectivity index is 1.56. The smallest absolute Gasteiger partial charge is 0.272 e. The molecule has 27 heavy (non-hydrogen) atoms. The summed E-state index contributed by atoms with van der Waals surface area (Å²) in [4.78, 5) is 19.3. The molecule has 1 amide bonds. The molecule has 7 heteroatoms. The minimum absolute atomic E-state index is 0.102. The molecule has 1 fully saturated rings. The summed E-state index contributed by atoms with van der Waals surface area (Å²) in [6.45, 7) is 2.07. The summed E-state index contributed by atoms with van der Waals surface area (Å²) >= 11 is 0. The monoisotopic (exact) mass is 368 g/mol. The van der Waals surface area contributed by atoms with Crippen LogP contribution < -0.4 is 5.32 Å². The first-order valence-electron chi connectivity index (χ1n) is 9.00. The van der Waals surface area contributed by atoms with Crippen molar-refractivity contribution in [3.05, 3.63) is 71.6 Å². The summed E-state index contributed by atoms with van der Waals surface area (Å²) in [7, 11) is 0. The van der Waals surface area contributed by atoms with E-state index < -0.39 is 0 Å². The molecular formula is C20H21FN4O2. The number of hydrogen-bond donors (Lipinski definition) is 2. The Hall–Kier alpha value is -2.77. The first kappa shape index (κ1) is 17.6. The molecule has 2 N–H and O–H groups in total. The van der Waals surface area contributed by atoms with Gasteiger partial charge in [-0.15, -0.1) is 0 Å². The van der Waals surface area contributed by atoms with E-state index in [1.54, 1.807) is 18.2 Å². The molecular weight excluding hydrogens is 347 g/mol. The maximum absolute atomic E-state index is 13.8. The first-order chi connectivity index (χ1) is 13.1. The Bertz CT molecular complexity index is 972. The number of pyridine rings is 1. The number of hydrogen-bond acceptors (Lipinski definition) is 4. The summed E-state index contributed by atoms with van der Waals surface area (Å²) < 4.78 is 15.7. The summed E-state index contributed by atoms with van der Waals surface area (Å²) in [5, 5.41) is 12.5. The van der Waals surface area contributed by atoms with Gasteiger partial charge in [-0.25, -0.2) is 9.37 Å². The third kappa shape index (κ3) is 3.70. The number of aromatic nitrogens is 2. The number of likely N-dealkylation sites (tertiary alicyclic amines) is 1. The zero-order chi connectivity index (χ0) is 18.8. The Morgan fingerprint density at radius 3 is 2.85 bits per heavy atom. The van der Waals surface area contributed by atoms with Crippen LogP contribution in [0.15, 0.2) is 48.7 Å². The topological polar surface area (TPSA) is 69.9 Å². The standard InChI is InChI=1S/C20H21FN4O2/c21-16-6-2-1-5-14(16)11-22-20(27)19-17-7-3-4-9-25(17)18(23-19)13-24-10-8-15(26)12-24/h1-7,9,15,26H,8,10-13H2,(H,22,27). The molecule has 6 nitrogen and oxygen atoms in total. The number of amides is 1. The highest BCUT2D eigenvalue weighted by Gasteiger charge is 2.23. The molecule has 1 atom stereocenters. The van der Waals surface area contributed by atoms with Crippen molar-refractivity contribution >= 4 is 11.4 Å². The van der Waals surface area contributed by atoms with Crippen molar-refractivity contribution < 1.29 is 14.3 Å². The molecule has 4 rings (SSSR count). The average molecular weight is 368 g/mol. The van der Waals surface area contributed by atoms with Crippen LogP contribution in [0.1, 0.15) is 28.3 Å². The maximum atomic E-state index is 13.8. The fraction of sp³-hybridized carbons (Fsp3) is 0.300. The molecule has 1 saturated heterocycles. The third-order valence-electron chi connectivity index (χ3n) is 4.85. The van der Waals surface area contributed by atoms with Gasteiger partial charge in [0.2, 0.25) is 0 Å². The zero-order valence-electron chi connectivity index (χ0n) is 14.8. The minimum Gasteiger partial charge on any atom is -0.392 e. The largest absolute Gasteiger partial charge is 0.392 e. The van der Waals surface area contributed by atoms with Crippen LogP contribution in [0.5, 0.6) is 0 Å². The maximum Gasteiger partial charge on any atom is 0.272 e. The molecule has 140 valence electrons. The third-order valence-corrected chi connectivity index (χ3v) is 4.85. The van der Waals surface area contributed by atoms with E-state index in [9.17, 15) is 14.3 Å². The lowest BCUT2D eigenvalue weighted by atomic mass is 10.2. The molecule has 0 saturated carbocycles. The van der Waals surface area contributed by atoms with Crippen LogP contribution in [0.2, 0.25) is 0 Å². The molecule has 1 aliphatic heterocycles. The molecule has 1 aliphatic rings. The van der Waals surface area contributed by atoms with Crippen molar-refractivity contribution in [3.8, 4) is 0 Å². The van der Waals surface area contributed by atoms with E-state index in [0.29, 0.717) is 29.9 Å². The number of imidazole rings is 1. The molecule has 1 unspecified atom stereocenters.